The van der Waals surface area contributed by atoms with Crippen molar-refractivity contribution in [2.24, 2.45) is 0 Å². The molecule has 0 aromatic heterocycles. The van der Waals surface area contributed by atoms with Crippen LogP contribution in [0.4, 0.5) is 4.39 Å². The van der Waals surface area contributed by atoms with Gasteiger partial charge < -0.3 is 5.11 Å². The lowest BCUT2D eigenvalue weighted by Gasteiger charge is -2.07. The molecule has 0 saturated carbocycles. The molecule has 0 aliphatic rings. The minimum atomic E-state index is -1.08. The zero-order chi connectivity index (χ0) is 10.7. The third-order valence-corrected chi connectivity index (χ3v) is 2.00. The third-order valence-electron chi connectivity index (χ3n) is 2.00. The summed E-state index contributed by atoms with van der Waals surface area (Å²) in [4.78, 5) is 10.8. The number of Topliss-reactive ketones (excluding diaryl/α,β-unsaturated/α-hetero) is 1. The van der Waals surface area contributed by atoms with Gasteiger partial charge in [-0.25, -0.2) is 4.39 Å². The van der Waals surface area contributed by atoms with Crippen LogP contribution in [0, 0.1) is 0 Å². The number of carbonyl (C=O) groups excluding carboxylic acids is 1. The smallest absolute Gasteiger partial charge is 0.134 e. The normalized spacial score (nSPS) is 12.5. The monoisotopic (exact) mass is 196 g/mol. The Kier molecular flexibility index (Phi) is 3.23. The van der Waals surface area contributed by atoms with Crippen LogP contribution in [0.25, 0.3) is 0 Å². The topological polar surface area (TPSA) is 37.3 Å². The molecule has 1 unspecified atom stereocenters. The fourth-order valence-corrected chi connectivity index (χ4v) is 1.26. The zero-order valence-corrected chi connectivity index (χ0v) is 8.25. The molecule has 76 valence electrons. The van der Waals surface area contributed by atoms with Crippen LogP contribution in [0.1, 0.15) is 31.1 Å². The van der Waals surface area contributed by atoms with E-state index in [0.29, 0.717) is 11.1 Å². The van der Waals surface area contributed by atoms with Crippen LogP contribution in [0.5, 0.6) is 5.75 Å². The highest BCUT2D eigenvalue weighted by molar-refractivity contribution is 5.79. The number of rotatable bonds is 3. The number of aromatic hydroxyl groups is 1. The van der Waals surface area contributed by atoms with Crippen molar-refractivity contribution < 1.29 is 14.3 Å². The first kappa shape index (κ1) is 10.7. The Morgan fingerprint density at radius 1 is 1.57 bits per heavy atom. The Labute approximate surface area is 82.4 Å². The molecule has 1 rings (SSSR count). The average Bonchev–Trinajstić information content (AvgIpc) is 2.07. The van der Waals surface area contributed by atoms with Crippen molar-refractivity contribution >= 4 is 5.78 Å². The number of benzene rings is 1. The SMILES string of the molecule is CC(=O)Cc1cc(C(C)F)ccc1O. The summed E-state index contributed by atoms with van der Waals surface area (Å²) >= 11 is 0. The largest absolute Gasteiger partial charge is 0.508 e. The van der Waals surface area contributed by atoms with E-state index in [0.717, 1.165) is 0 Å². The molecule has 0 radical (unpaired) electrons. The van der Waals surface area contributed by atoms with E-state index >= 15 is 0 Å². The number of phenolic OH excluding ortho intramolecular Hbond substituents is 1. The molecule has 3 heteroatoms. The summed E-state index contributed by atoms with van der Waals surface area (Å²) < 4.78 is 12.9. The second kappa shape index (κ2) is 4.22. The lowest BCUT2D eigenvalue weighted by Crippen LogP contribution is -1.98. The van der Waals surface area contributed by atoms with Gasteiger partial charge in [0.25, 0.3) is 0 Å². The lowest BCUT2D eigenvalue weighted by molar-refractivity contribution is -0.116. The predicted molar refractivity (Wildman–Crippen MR) is 52.0 cm³/mol. The number of ketones is 1. The molecule has 0 aliphatic heterocycles. The molecular formula is C11H13FO2. The molecule has 14 heavy (non-hydrogen) atoms. The van der Waals surface area contributed by atoms with E-state index in [-0.39, 0.29) is 18.0 Å². The molecule has 0 aliphatic carbocycles. The van der Waals surface area contributed by atoms with E-state index in [4.69, 9.17) is 0 Å². The highest BCUT2D eigenvalue weighted by Crippen LogP contribution is 2.24. The van der Waals surface area contributed by atoms with Gasteiger partial charge in [-0.2, -0.15) is 0 Å². The molecular weight excluding hydrogens is 183 g/mol. The number of alkyl halides is 1. The van der Waals surface area contributed by atoms with Crippen molar-refractivity contribution in [3.05, 3.63) is 29.3 Å². The van der Waals surface area contributed by atoms with Crippen LogP contribution in [0.3, 0.4) is 0 Å². The minimum Gasteiger partial charge on any atom is -0.508 e. The fourth-order valence-electron chi connectivity index (χ4n) is 1.26. The van der Waals surface area contributed by atoms with Gasteiger partial charge in [-0.15, -0.1) is 0 Å². The van der Waals surface area contributed by atoms with E-state index in [1.165, 1.54) is 32.0 Å². The van der Waals surface area contributed by atoms with Crippen LogP contribution < -0.4 is 0 Å². The van der Waals surface area contributed by atoms with Crippen molar-refractivity contribution in [1.82, 2.24) is 0 Å². The van der Waals surface area contributed by atoms with Crippen molar-refractivity contribution in [3.63, 3.8) is 0 Å². The molecule has 0 amide bonds. The standard InChI is InChI=1S/C11H13FO2/c1-7(13)5-10-6-9(8(2)12)3-4-11(10)14/h3-4,6,8,14H,5H2,1-2H3. The molecule has 1 atom stereocenters. The van der Waals surface area contributed by atoms with Gasteiger partial charge in [0.2, 0.25) is 0 Å². The van der Waals surface area contributed by atoms with E-state index < -0.39 is 6.17 Å². The molecule has 0 heterocycles. The second-order valence-corrected chi connectivity index (χ2v) is 3.38. The third kappa shape index (κ3) is 2.55. The Bertz CT molecular complexity index is 345. The van der Waals surface area contributed by atoms with Crippen LogP contribution >= 0.6 is 0 Å². The number of phenols is 1. The van der Waals surface area contributed by atoms with Gasteiger partial charge in [-0.1, -0.05) is 6.07 Å². The molecule has 1 aromatic rings. The molecule has 1 aromatic carbocycles. The van der Waals surface area contributed by atoms with Crippen molar-refractivity contribution in [1.29, 1.82) is 0 Å². The molecule has 0 spiro atoms. The van der Waals surface area contributed by atoms with Gasteiger partial charge in [0.1, 0.15) is 17.7 Å². The van der Waals surface area contributed by atoms with Gasteiger partial charge >= 0.3 is 0 Å². The summed E-state index contributed by atoms with van der Waals surface area (Å²) in [6, 6.07) is 4.47. The Hall–Kier alpha value is -1.38. The van der Waals surface area contributed by atoms with Crippen LogP contribution in [0.2, 0.25) is 0 Å². The number of hydrogen-bond acceptors (Lipinski definition) is 2. The van der Waals surface area contributed by atoms with Crippen LogP contribution in [0.15, 0.2) is 18.2 Å². The minimum absolute atomic E-state index is 0.0459. The molecule has 0 saturated heterocycles. The first-order valence-corrected chi connectivity index (χ1v) is 4.46. The summed E-state index contributed by atoms with van der Waals surface area (Å²) in [6.07, 6.45) is -0.937. The summed E-state index contributed by atoms with van der Waals surface area (Å²) in [5.41, 5.74) is 0.971. The first-order valence-electron chi connectivity index (χ1n) is 4.46. The van der Waals surface area contributed by atoms with E-state index in [1.54, 1.807) is 0 Å². The highest BCUT2D eigenvalue weighted by atomic mass is 19.1. The molecule has 0 bridgehead atoms. The fraction of sp³-hybridized carbons (Fsp3) is 0.364. The Balaban J connectivity index is 3.02. The van der Waals surface area contributed by atoms with Crippen molar-refractivity contribution in [2.45, 2.75) is 26.4 Å². The second-order valence-electron chi connectivity index (χ2n) is 3.38. The van der Waals surface area contributed by atoms with Gasteiger partial charge in [-0.05, 0) is 31.5 Å². The van der Waals surface area contributed by atoms with E-state index in [2.05, 4.69) is 0 Å². The highest BCUT2D eigenvalue weighted by Gasteiger charge is 2.08. The quantitative estimate of drug-likeness (QED) is 0.806. The summed E-state index contributed by atoms with van der Waals surface area (Å²) in [5.74, 6) is -0.00596. The van der Waals surface area contributed by atoms with E-state index in [1.807, 2.05) is 0 Å². The maximum absolute atomic E-state index is 12.9. The van der Waals surface area contributed by atoms with Crippen molar-refractivity contribution in [2.75, 3.05) is 0 Å². The van der Waals surface area contributed by atoms with Crippen LogP contribution in [-0.4, -0.2) is 10.9 Å². The predicted octanol–water partition coefficient (Wildman–Crippen LogP) is 2.55. The number of carbonyl (C=O) groups is 1. The Morgan fingerprint density at radius 2 is 2.21 bits per heavy atom. The van der Waals surface area contributed by atoms with E-state index in [9.17, 15) is 14.3 Å². The molecule has 0 fully saturated rings. The number of halogens is 1. The lowest BCUT2D eigenvalue weighted by atomic mass is 10.0. The van der Waals surface area contributed by atoms with Gasteiger partial charge in [-0.3, -0.25) is 4.79 Å². The number of hydrogen-bond donors (Lipinski definition) is 1. The summed E-state index contributed by atoms with van der Waals surface area (Å²) in [7, 11) is 0. The van der Waals surface area contributed by atoms with Crippen molar-refractivity contribution in [3.8, 4) is 5.75 Å². The molecule has 2 nitrogen and oxygen atoms in total. The van der Waals surface area contributed by atoms with Gasteiger partial charge in [0.05, 0.1) is 0 Å². The summed E-state index contributed by atoms with van der Waals surface area (Å²) in [5, 5.41) is 9.39. The zero-order valence-electron chi connectivity index (χ0n) is 8.25. The van der Waals surface area contributed by atoms with Gasteiger partial charge in [0.15, 0.2) is 0 Å². The Morgan fingerprint density at radius 3 is 2.71 bits per heavy atom. The summed E-state index contributed by atoms with van der Waals surface area (Å²) in [6.45, 7) is 2.86. The average molecular weight is 196 g/mol. The maximum atomic E-state index is 12.9. The van der Waals surface area contributed by atoms with Crippen LogP contribution in [-0.2, 0) is 11.2 Å². The maximum Gasteiger partial charge on any atom is 0.134 e. The first-order chi connectivity index (χ1) is 6.50. The van der Waals surface area contributed by atoms with Gasteiger partial charge in [0, 0.05) is 12.0 Å². The molecule has 1 N–H and O–H groups in total.